The van der Waals surface area contributed by atoms with E-state index in [4.69, 9.17) is 0 Å². The van der Waals surface area contributed by atoms with Crippen LogP contribution >= 0.6 is 0 Å². The molecule has 0 aliphatic rings. The fourth-order valence-corrected chi connectivity index (χ4v) is 1.84. The van der Waals surface area contributed by atoms with E-state index in [1.54, 1.807) is 19.1 Å². The van der Waals surface area contributed by atoms with Crippen molar-refractivity contribution in [3.63, 3.8) is 0 Å². The lowest BCUT2D eigenvalue weighted by molar-refractivity contribution is 0.0505. The maximum atomic E-state index is 13.1. The van der Waals surface area contributed by atoms with Crippen molar-refractivity contribution in [1.29, 1.82) is 0 Å². The second-order valence-electron chi connectivity index (χ2n) is 4.93. The van der Waals surface area contributed by atoms with E-state index in [-0.39, 0.29) is 11.2 Å². The van der Waals surface area contributed by atoms with Gasteiger partial charge >= 0.3 is 0 Å². The summed E-state index contributed by atoms with van der Waals surface area (Å²) in [5, 5.41) is 13.3. The summed E-state index contributed by atoms with van der Waals surface area (Å²) in [7, 11) is 1.85. The lowest BCUT2D eigenvalue weighted by Crippen LogP contribution is -2.32. The van der Waals surface area contributed by atoms with Crippen molar-refractivity contribution in [3.05, 3.63) is 35.1 Å². The zero-order chi connectivity index (χ0) is 12.3. The number of hydrogen-bond acceptors (Lipinski definition) is 2. The standard InChI is InChI=1S/C13H20FNO/c1-9-7-10(5-6-11(9)14)12(16)13(2,3)8-15-4/h5-7,12,15-16H,8H2,1-4H3. The zero-order valence-corrected chi connectivity index (χ0v) is 10.3. The molecule has 2 nitrogen and oxygen atoms in total. The highest BCUT2D eigenvalue weighted by molar-refractivity contribution is 5.26. The number of aryl methyl sites for hydroxylation is 1. The molecular weight excluding hydrogens is 205 g/mol. The molecule has 0 amide bonds. The van der Waals surface area contributed by atoms with Gasteiger partial charge in [-0.2, -0.15) is 0 Å². The minimum Gasteiger partial charge on any atom is -0.388 e. The molecule has 90 valence electrons. The van der Waals surface area contributed by atoms with Gasteiger partial charge in [0.1, 0.15) is 5.82 Å². The van der Waals surface area contributed by atoms with Crippen molar-refractivity contribution in [2.75, 3.05) is 13.6 Å². The second-order valence-corrected chi connectivity index (χ2v) is 4.93. The fraction of sp³-hybridized carbons (Fsp3) is 0.538. The first kappa shape index (κ1) is 13.1. The lowest BCUT2D eigenvalue weighted by atomic mass is 9.82. The third kappa shape index (κ3) is 2.80. The van der Waals surface area contributed by atoms with Crippen LogP contribution in [0.15, 0.2) is 18.2 Å². The van der Waals surface area contributed by atoms with E-state index < -0.39 is 6.10 Å². The minimum absolute atomic E-state index is 0.234. The molecule has 1 aromatic carbocycles. The van der Waals surface area contributed by atoms with Crippen LogP contribution in [0.4, 0.5) is 4.39 Å². The fourth-order valence-electron chi connectivity index (χ4n) is 1.84. The number of halogens is 1. The number of hydrogen-bond donors (Lipinski definition) is 2. The summed E-state index contributed by atoms with van der Waals surface area (Å²) in [6.45, 7) is 6.36. The third-order valence-electron chi connectivity index (χ3n) is 2.87. The van der Waals surface area contributed by atoms with Gasteiger partial charge in [-0.25, -0.2) is 4.39 Å². The molecule has 0 spiro atoms. The average molecular weight is 225 g/mol. The molecule has 3 heteroatoms. The Kier molecular flexibility index (Phi) is 4.05. The van der Waals surface area contributed by atoms with Gasteiger partial charge in [-0.15, -0.1) is 0 Å². The van der Waals surface area contributed by atoms with Crippen molar-refractivity contribution in [1.82, 2.24) is 5.32 Å². The molecule has 1 aromatic rings. The molecule has 0 aromatic heterocycles. The van der Waals surface area contributed by atoms with E-state index in [1.165, 1.54) is 6.07 Å². The maximum absolute atomic E-state index is 13.1. The highest BCUT2D eigenvalue weighted by Gasteiger charge is 2.28. The Morgan fingerprint density at radius 1 is 1.44 bits per heavy atom. The molecule has 1 rings (SSSR count). The van der Waals surface area contributed by atoms with Gasteiger partial charge in [0.2, 0.25) is 0 Å². The number of nitrogens with one attached hydrogen (secondary N) is 1. The summed E-state index contributed by atoms with van der Waals surface area (Å²) >= 11 is 0. The lowest BCUT2D eigenvalue weighted by Gasteiger charge is -2.30. The Hall–Kier alpha value is -0.930. The van der Waals surface area contributed by atoms with Crippen molar-refractivity contribution in [2.45, 2.75) is 26.9 Å². The maximum Gasteiger partial charge on any atom is 0.126 e. The normalized spacial score (nSPS) is 13.9. The summed E-state index contributed by atoms with van der Waals surface area (Å²) in [4.78, 5) is 0. The van der Waals surface area contributed by atoms with Gasteiger partial charge in [0.05, 0.1) is 6.10 Å². The van der Waals surface area contributed by atoms with E-state index in [0.717, 1.165) is 5.56 Å². The predicted octanol–water partition coefficient (Wildman–Crippen LogP) is 2.41. The van der Waals surface area contributed by atoms with E-state index in [0.29, 0.717) is 12.1 Å². The van der Waals surface area contributed by atoms with Crippen LogP contribution in [-0.4, -0.2) is 18.7 Å². The Bertz CT molecular complexity index is 363. The van der Waals surface area contributed by atoms with Gasteiger partial charge in [0.15, 0.2) is 0 Å². The molecule has 16 heavy (non-hydrogen) atoms. The smallest absolute Gasteiger partial charge is 0.126 e. The Morgan fingerprint density at radius 2 is 2.06 bits per heavy atom. The van der Waals surface area contributed by atoms with Crippen LogP contribution in [0.3, 0.4) is 0 Å². The zero-order valence-electron chi connectivity index (χ0n) is 10.3. The van der Waals surface area contributed by atoms with E-state index in [1.807, 2.05) is 20.9 Å². The Morgan fingerprint density at radius 3 is 2.56 bits per heavy atom. The molecule has 0 heterocycles. The van der Waals surface area contributed by atoms with E-state index in [2.05, 4.69) is 5.32 Å². The quantitative estimate of drug-likeness (QED) is 0.824. The molecule has 2 N–H and O–H groups in total. The van der Waals surface area contributed by atoms with Gasteiger partial charge in [-0.3, -0.25) is 0 Å². The topological polar surface area (TPSA) is 32.3 Å². The van der Waals surface area contributed by atoms with Gasteiger partial charge < -0.3 is 10.4 Å². The molecule has 0 saturated heterocycles. The highest BCUT2D eigenvalue weighted by Crippen LogP contribution is 2.33. The predicted molar refractivity (Wildman–Crippen MR) is 63.8 cm³/mol. The first-order valence-corrected chi connectivity index (χ1v) is 5.47. The number of benzene rings is 1. The van der Waals surface area contributed by atoms with Crippen LogP contribution in [-0.2, 0) is 0 Å². The van der Waals surface area contributed by atoms with Crippen LogP contribution in [0, 0.1) is 18.2 Å². The monoisotopic (exact) mass is 225 g/mol. The summed E-state index contributed by atoms with van der Waals surface area (Å²) in [6.07, 6.45) is -0.598. The highest BCUT2D eigenvalue weighted by atomic mass is 19.1. The Labute approximate surface area is 96.5 Å². The number of aliphatic hydroxyl groups is 1. The number of aliphatic hydroxyl groups excluding tert-OH is 1. The van der Waals surface area contributed by atoms with E-state index >= 15 is 0 Å². The van der Waals surface area contributed by atoms with Crippen LogP contribution in [0.2, 0.25) is 0 Å². The molecule has 0 aliphatic carbocycles. The van der Waals surface area contributed by atoms with Crippen LogP contribution in [0.25, 0.3) is 0 Å². The molecule has 0 bridgehead atoms. The van der Waals surface area contributed by atoms with Crippen molar-refractivity contribution in [3.8, 4) is 0 Å². The molecule has 1 unspecified atom stereocenters. The molecular formula is C13H20FNO. The summed E-state index contributed by atoms with van der Waals surface area (Å²) in [6, 6.07) is 4.76. The summed E-state index contributed by atoms with van der Waals surface area (Å²) < 4.78 is 13.1. The Balaban J connectivity index is 2.95. The van der Waals surface area contributed by atoms with Crippen LogP contribution in [0.5, 0.6) is 0 Å². The first-order chi connectivity index (χ1) is 7.38. The summed E-state index contributed by atoms with van der Waals surface area (Å²) in [5.74, 6) is -0.234. The van der Waals surface area contributed by atoms with Crippen LogP contribution < -0.4 is 5.32 Å². The second kappa shape index (κ2) is 4.93. The summed E-state index contributed by atoms with van der Waals surface area (Å²) in [5.41, 5.74) is 1.05. The van der Waals surface area contributed by atoms with E-state index in [9.17, 15) is 9.50 Å². The first-order valence-electron chi connectivity index (χ1n) is 5.47. The van der Waals surface area contributed by atoms with Crippen molar-refractivity contribution in [2.24, 2.45) is 5.41 Å². The van der Waals surface area contributed by atoms with Crippen molar-refractivity contribution < 1.29 is 9.50 Å². The molecule has 0 aliphatic heterocycles. The van der Waals surface area contributed by atoms with Gasteiger partial charge in [-0.1, -0.05) is 26.0 Å². The molecule has 0 fully saturated rings. The third-order valence-corrected chi connectivity index (χ3v) is 2.87. The molecule has 0 saturated carbocycles. The average Bonchev–Trinajstić information content (AvgIpc) is 2.21. The van der Waals surface area contributed by atoms with Crippen LogP contribution in [0.1, 0.15) is 31.1 Å². The van der Waals surface area contributed by atoms with Gasteiger partial charge in [0, 0.05) is 12.0 Å². The SMILES string of the molecule is CNCC(C)(C)C(O)c1ccc(F)c(C)c1. The number of rotatable bonds is 4. The van der Waals surface area contributed by atoms with Crippen molar-refractivity contribution >= 4 is 0 Å². The molecule has 0 radical (unpaired) electrons. The van der Waals surface area contributed by atoms with Gasteiger partial charge in [-0.05, 0) is 31.2 Å². The van der Waals surface area contributed by atoms with Gasteiger partial charge in [0.25, 0.3) is 0 Å². The largest absolute Gasteiger partial charge is 0.388 e. The molecule has 1 atom stereocenters. The minimum atomic E-state index is -0.598.